The molecule has 0 saturated carbocycles. The molecule has 42 valence electrons. The van der Waals surface area contributed by atoms with Crippen molar-refractivity contribution in [2.75, 3.05) is 0 Å². The summed E-state index contributed by atoms with van der Waals surface area (Å²) >= 11 is 0. The van der Waals surface area contributed by atoms with Crippen LogP contribution < -0.4 is 11.2 Å². The molecule has 1 aliphatic heterocycles. The molecule has 0 spiro atoms. The molecule has 8 heavy (non-hydrogen) atoms. The standard InChI is InChI=1S/C4H5N3O/c5-1-3-2-7-8-4(3)6/h2,4,7H,6H2. The number of nitrogens with two attached hydrogens (primary N) is 1. The lowest BCUT2D eigenvalue weighted by atomic mass is 10.3. The molecule has 0 aromatic heterocycles. The van der Waals surface area contributed by atoms with E-state index in [0.717, 1.165) is 0 Å². The van der Waals surface area contributed by atoms with Gasteiger partial charge in [0.15, 0.2) is 6.23 Å². The predicted octanol–water partition coefficient (Wildman–Crippen LogP) is -0.787. The van der Waals surface area contributed by atoms with Gasteiger partial charge >= 0.3 is 0 Å². The van der Waals surface area contributed by atoms with Gasteiger partial charge in [0.25, 0.3) is 0 Å². The van der Waals surface area contributed by atoms with Crippen molar-refractivity contribution in [1.82, 2.24) is 5.48 Å². The first kappa shape index (κ1) is 5.09. The number of hydrogen-bond acceptors (Lipinski definition) is 4. The first-order valence-electron chi connectivity index (χ1n) is 2.11. The van der Waals surface area contributed by atoms with Gasteiger partial charge in [0, 0.05) is 6.20 Å². The minimum Gasteiger partial charge on any atom is -0.299 e. The molecule has 1 heterocycles. The van der Waals surface area contributed by atoms with Crippen molar-refractivity contribution >= 4 is 0 Å². The highest BCUT2D eigenvalue weighted by Gasteiger charge is 2.13. The van der Waals surface area contributed by atoms with Crippen LogP contribution in [0.5, 0.6) is 0 Å². The first-order valence-corrected chi connectivity index (χ1v) is 2.11. The van der Waals surface area contributed by atoms with Crippen LogP contribution in [0.15, 0.2) is 11.8 Å². The fraction of sp³-hybridized carbons (Fsp3) is 0.250. The second kappa shape index (κ2) is 1.82. The topological polar surface area (TPSA) is 71.1 Å². The van der Waals surface area contributed by atoms with Gasteiger partial charge in [0.1, 0.15) is 6.07 Å². The van der Waals surface area contributed by atoms with E-state index in [1.165, 1.54) is 6.20 Å². The van der Waals surface area contributed by atoms with E-state index in [1.54, 1.807) is 0 Å². The van der Waals surface area contributed by atoms with Crippen LogP contribution in [0.2, 0.25) is 0 Å². The van der Waals surface area contributed by atoms with Crippen LogP contribution in [0.1, 0.15) is 0 Å². The summed E-state index contributed by atoms with van der Waals surface area (Å²) in [5.74, 6) is 0. The fourth-order valence-electron chi connectivity index (χ4n) is 0.412. The first-order chi connectivity index (χ1) is 3.84. The average Bonchev–Trinajstić information content (AvgIpc) is 2.14. The van der Waals surface area contributed by atoms with Gasteiger partial charge in [-0.2, -0.15) is 5.26 Å². The van der Waals surface area contributed by atoms with Crippen molar-refractivity contribution in [2.24, 2.45) is 5.73 Å². The molecule has 0 radical (unpaired) electrons. The van der Waals surface area contributed by atoms with Gasteiger partial charge in [0.2, 0.25) is 0 Å². The van der Waals surface area contributed by atoms with Crippen molar-refractivity contribution < 1.29 is 4.84 Å². The molecule has 1 unspecified atom stereocenters. The van der Waals surface area contributed by atoms with Crippen molar-refractivity contribution in [1.29, 1.82) is 5.26 Å². The summed E-state index contributed by atoms with van der Waals surface area (Å²) in [6.07, 6.45) is 0.852. The summed E-state index contributed by atoms with van der Waals surface area (Å²) in [6, 6.07) is 1.86. The molecule has 3 N–H and O–H groups in total. The van der Waals surface area contributed by atoms with Crippen LogP contribution in [0.25, 0.3) is 0 Å². The van der Waals surface area contributed by atoms with Gasteiger partial charge in [-0.1, -0.05) is 0 Å². The lowest BCUT2D eigenvalue weighted by Crippen LogP contribution is -2.23. The second-order valence-electron chi connectivity index (χ2n) is 1.37. The van der Waals surface area contributed by atoms with Gasteiger partial charge in [-0.25, -0.2) is 0 Å². The van der Waals surface area contributed by atoms with Crippen molar-refractivity contribution in [3.8, 4) is 6.07 Å². The molecule has 0 fully saturated rings. The summed E-state index contributed by atoms with van der Waals surface area (Å²) in [5.41, 5.74) is 8.00. The Morgan fingerprint density at radius 1 is 2.00 bits per heavy atom. The molecule has 0 aromatic rings. The number of nitrogens with zero attached hydrogens (tertiary/aromatic N) is 1. The van der Waals surface area contributed by atoms with Crippen LogP contribution in [0.4, 0.5) is 0 Å². The average molecular weight is 111 g/mol. The molecule has 0 amide bonds. The quantitative estimate of drug-likeness (QED) is 0.430. The zero-order valence-electron chi connectivity index (χ0n) is 4.09. The molecule has 0 bridgehead atoms. The van der Waals surface area contributed by atoms with Crippen LogP contribution in [-0.2, 0) is 4.84 Å². The van der Waals surface area contributed by atoms with Gasteiger partial charge < -0.3 is 0 Å². The van der Waals surface area contributed by atoms with Crippen LogP contribution in [0.3, 0.4) is 0 Å². The molecule has 0 aromatic carbocycles. The third kappa shape index (κ3) is 0.644. The Kier molecular flexibility index (Phi) is 1.16. The Labute approximate surface area is 46.5 Å². The Bertz CT molecular complexity index is 157. The number of nitrogens with one attached hydrogen (secondary N) is 1. The largest absolute Gasteiger partial charge is 0.299 e. The van der Waals surface area contributed by atoms with Gasteiger partial charge in [-0.3, -0.25) is 16.1 Å². The third-order valence-electron chi connectivity index (χ3n) is 0.845. The maximum Gasteiger partial charge on any atom is 0.170 e. The summed E-state index contributed by atoms with van der Waals surface area (Å²) in [6.45, 7) is 0. The van der Waals surface area contributed by atoms with Crippen LogP contribution in [0, 0.1) is 11.3 Å². The number of rotatable bonds is 0. The monoisotopic (exact) mass is 111 g/mol. The number of nitriles is 1. The van der Waals surface area contributed by atoms with Crippen molar-refractivity contribution in [3.05, 3.63) is 11.8 Å². The molecule has 4 heteroatoms. The zero-order chi connectivity index (χ0) is 5.98. The Balaban J connectivity index is 2.66. The van der Waals surface area contributed by atoms with E-state index < -0.39 is 6.23 Å². The lowest BCUT2D eigenvalue weighted by Gasteiger charge is -1.97. The minimum absolute atomic E-state index is 0.421. The van der Waals surface area contributed by atoms with E-state index in [4.69, 9.17) is 11.0 Å². The highest BCUT2D eigenvalue weighted by molar-refractivity contribution is 5.24. The van der Waals surface area contributed by atoms with Crippen molar-refractivity contribution in [3.63, 3.8) is 0 Å². The Morgan fingerprint density at radius 2 is 2.75 bits per heavy atom. The maximum absolute atomic E-state index is 8.22. The Morgan fingerprint density at radius 3 is 3.00 bits per heavy atom. The normalized spacial score (nSPS) is 26.0. The number of hydrogen-bond donors (Lipinski definition) is 2. The molecule has 1 atom stereocenters. The van der Waals surface area contributed by atoms with Gasteiger partial charge in [-0.15, -0.1) is 0 Å². The van der Waals surface area contributed by atoms with Crippen LogP contribution >= 0.6 is 0 Å². The summed E-state index contributed by atoms with van der Waals surface area (Å²) in [7, 11) is 0. The molecule has 4 nitrogen and oxygen atoms in total. The second-order valence-corrected chi connectivity index (χ2v) is 1.37. The summed E-state index contributed by atoms with van der Waals surface area (Å²) in [4.78, 5) is 4.57. The van der Waals surface area contributed by atoms with E-state index in [1.807, 2.05) is 6.07 Å². The minimum atomic E-state index is -0.583. The molecule has 0 aliphatic carbocycles. The molecule has 1 rings (SSSR count). The fourth-order valence-corrected chi connectivity index (χ4v) is 0.412. The highest BCUT2D eigenvalue weighted by Crippen LogP contribution is 2.02. The lowest BCUT2D eigenvalue weighted by molar-refractivity contribution is 0.0488. The molecular formula is C4H5N3O. The van der Waals surface area contributed by atoms with Gasteiger partial charge in [-0.05, 0) is 0 Å². The maximum atomic E-state index is 8.22. The molecule has 1 aliphatic rings. The van der Waals surface area contributed by atoms with E-state index in [2.05, 4.69) is 10.3 Å². The smallest absolute Gasteiger partial charge is 0.170 e. The van der Waals surface area contributed by atoms with Gasteiger partial charge in [0.05, 0.1) is 5.57 Å². The third-order valence-corrected chi connectivity index (χ3v) is 0.845. The highest BCUT2D eigenvalue weighted by atomic mass is 16.7. The van der Waals surface area contributed by atoms with E-state index in [9.17, 15) is 0 Å². The predicted molar refractivity (Wildman–Crippen MR) is 25.9 cm³/mol. The SMILES string of the molecule is N#CC1=CNOC1N. The molecular weight excluding hydrogens is 106 g/mol. The summed E-state index contributed by atoms with van der Waals surface area (Å²) in [5, 5.41) is 8.22. The van der Waals surface area contributed by atoms with Crippen LogP contribution in [-0.4, -0.2) is 6.23 Å². The zero-order valence-corrected chi connectivity index (χ0v) is 4.09. The van der Waals surface area contributed by atoms with E-state index in [0.29, 0.717) is 5.57 Å². The van der Waals surface area contributed by atoms with Crippen molar-refractivity contribution in [2.45, 2.75) is 6.23 Å². The van der Waals surface area contributed by atoms with E-state index >= 15 is 0 Å². The van der Waals surface area contributed by atoms with E-state index in [-0.39, 0.29) is 0 Å². The summed E-state index contributed by atoms with van der Waals surface area (Å²) < 4.78 is 0. The Hall–Kier alpha value is -1.05. The number of hydroxylamine groups is 1. The molecule has 0 saturated heterocycles.